The molecule has 8 heteroatoms. The van der Waals surface area contributed by atoms with Crippen LogP contribution < -0.4 is 16.4 Å². The van der Waals surface area contributed by atoms with E-state index in [1.807, 2.05) is 6.92 Å². The zero-order chi connectivity index (χ0) is 18.1. The number of aromatic nitrogens is 3. The Bertz CT molecular complexity index is 1130. The second-order valence-corrected chi connectivity index (χ2v) is 5.71. The number of benzene rings is 2. The quantitative estimate of drug-likeness (QED) is 0.517. The summed E-state index contributed by atoms with van der Waals surface area (Å²) in [4.78, 5) is 22.5. The number of rotatable bonds is 4. The van der Waals surface area contributed by atoms with Gasteiger partial charge >= 0.3 is 5.76 Å². The van der Waals surface area contributed by atoms with Gasteiger partial charge in [-0.25, -0.2) is 14.2 Å². The van der Waals surface area contributed by atoms with Crippen LogP contribution in [0.3, 0.4) is 0 Å². The van der Waals surface area contributed by atoms with Crippen LogP contribution in [0.1, 0.15) is 5.56 Å². The molecule has 2 aromatic carbocycles. The molecular formula is C18H14FN5O2. The Morgan fingerprint density at radius 3 is 2.65 bits per heavy atom. The first-order chi connectivity index (χ1) is 12.6. The number of fused-ring (bicyclic) bond motifs is 1. The predicted octanol–water partition coefficient (Wildman–Crippen LogP) is 3.85. The van der Waals surface area contributed by atoms with Gasteiger partial charge in [-0.1, -0.05) is 0 Å². The van der Waals surface area contributed by atoms with Gasteiger partial charge in [-0.2, -0.15) is 4.98 Å². The lowest BCUT2D eigenvalue weighted by Gasteiger charge is -2.11. The van der Waals surface area contributed by atoms with Crippen LogP contribution in [0, 0.1) is 12.7 Å². The molecule has 0 radical (unpaired) electrons. The fraction of sp³-hybridized carbons (Fsp3) is 0.0556. The van der Waals surface area contributed by atoms with Gasteiger partial charge in [-0.3, -0.25) is 4.98 Å². The fourth-order valence-electron chi connectivity index (χ4n) is 2.46. The van der Waals surface area contributed by atoms with E-state index < -0.39 is 5.76 Å². The molecule has 0 fully saturated rings. The van der Waals surface area contributed by atoms with Crippen LogP contribution in [0.15, 0.2) is 57.9 Å². The molecule has 0 bridgehead atoms. The average molecular weight is 351 g/mol. The van der Waals surface area contributed by atoms with Crippen molar-refractivity contribution in [3.8, 4) is 0 Å². The number of hydrogen-bond acceptors (Lipinski definition) is 6. The van der Waals surface area contributed by atoms with Crippen LogP contribution in [-0.4, -0.2) is 15.0 Å². The molecular weight excluding hydrogens is 337 g/mol. The first-order valence-electron chi connectivity index (χ1n) is 7.83. The Kier molecular flexibility index (Phi) is 3.85. The van der Waals surface area contributed by atoms with Crippen LogP contribution in [-0.2, 0) is 0 Å². The van der Waals surface area contributed by atoms with E-state index in [2.05, 4.69) is 25.6 Å². The zero-order valence-corrected chi connectivity index (χ0v) is 13.7. The molecule has 0 aliphatic carbocycles. The van der Waals surface area contributed by atoms with Crippen LogP contribution >= 0.6 is 0 Å². The molecule has 0 saturated heterocycles. The highest BCUT2D eigenvalue weighted by atomic mass is 19.1. The van der Waals surface area contributed by atoms with Crippen LogP contribution in [0.25, 0.3) is 11.1 Å². The van der Waals surface area contributed by atoms with Crippen molar-refractivity contribution in [3.63, 3.8) is 0 Å². The van der Waals surface area contributed by atoms with Crippen molar-refractivity contribution in [2.75, 3.05) is 10.6 Å². The van der Waals surface area contributed by atoms with Crippen molar-refractivity contribution in [1.29, 1.82) is 0 Å². The Balaban J connectivity index is 1.60. The van der Waals surface area contributed by atoms with Crippen molar-refractivity contribution in [2.45, 2.75) is 6.92 Å². The lowest BCUT2D eigenvalue weighted by Crippen LogP contribution is -2.02. The lowest BCUT2D eigenvalue weighted by molar-refractivity contribution is 0.555. The molecule has 2 aromatic heterocycles. The smallest absolute Gasteiger partial charge is 0.408 e. The Labute approximate surface area is 146 Å². The predicted molar refractivity (Wildman–Crippen MR) is 96.6 cm³/mol. The lowest BCUT2D eigenvalue weighted by atomic mass is 10.2. The van der Waals surface area contributed by atoms with Crippen molar-refractivity contribution >= 4 is 34.2 Å². The highest BCUT2D eigenvalue weighted by Crippen LogP contribution is 2.23. The van der Waals surface area contributed by atoms with Gasteiger partial charge in [0.05, 0.1) is 5.52 Å². The van der Waals surface area contributed by atoms with Crippen molar-refractivity contribution in [3.05, 3.63) is 70.6 Å². The number of hydrogen-bond donors (Lipinski definition) is 3. The summed E-state index contributed by atoms with van der Waals surface area (Å²) in [6.07, 6.45) is 1.68. The van der Waals surface area contributed by atoms with Crippen LogP contribution in [0.2, 0.25) is 0 Å². The second kappa shape index (κ2) is 6.32. The monoisotopic (exact) mass is 351 g/mol. The maximum absolute atomic E-state index is 13.0. The summed E-state index contributed by atoms with van der Waals surface area (Å²) >= 11 is 0. The highest BCUT2D eigenvalue weighted by molar-refractivity contribution is 5.78. The SMILES string of the molecule is Cc1cnc(Nc2ccc(F)cc2)nc1Nc1ccc2oc(=O)[nH]c2c1. The number of H-pyrrole nitrogens is 1. The van der Waals surface area contributed by atoms with Crippen LogP contribution in [0.4, 0.5) is 27.5 Å². The van der Waals surface area contributed by atoms with E-state index >= 15 is 0 Å². The minimum absolute atomic E-state index is 0.310. The van der Waals surface area contributed by atoms with Gasteiger partial charge in [0.15, 0.2) is 5.58 Å². The largest absolute Gasteiger partial charge is 0.417 e. The van der Waals surface area contributed by atoms with E-state index in [1.165, 1.54) is 12.1 Å². The first-order valence-corrected chi connectivity index (χ1v) is 7.83. The number of oxazole rings is 1. The third kappa shape index (κ3) is 3.25. The van der Waals surface area contributed by atoms with E-state index in [1.54, 1.807) is 36.5 Å². The van der Waals surface area contributed by atoms with Gasteiger partial charge in [0.25, 0.3) is 0 Å². The van der Waals surface area contributed by atoms with E-state index in [-0.39, 0.29) is 5.82 Å². The molecule has 0 aliphatic heterocycles. The molecule has 130 valence electrons. The normalized spacial score (nSPS) is 10.8. The summed E-state index contributed by atoms with van der Waals surface area (Å²) < 4.78 is 18.0. The molecule has 0 amide bonds. The van der Waals surface area contributed by atoms with Crippen molar-refractivity contribution in [1.82, 2.24) is 15.0 Å². The minimum atomic E-state index is -0.499. The van der Waals surface area contributed by atoms with E-state index in [9.17, 15) is 9.18 Å². The van der Waals surface area contributed by atoms with Gasteiger partial charge < -0.3 is 15.1 Å². The van der Waals surface area contributed by atoms with E-state index in [0.717, 1.165) is 11.3 Å². The van der Waals surface area contributed by atoms with Crippen molar-refractivity contribution in [2.24, 2.45) is 0 Å². The Morgan fingerprint density at radius 1 is 1.08 bits per heavy atom. The number of aryl methyl sites for hydroxylation is 1. The summed E-state index contributed by atoms with van der Waals surface area (Å²) in [5.74, 6) is 0.175. The Hall–Kier alpha value is -3.68. The fourth-order valence-corrected chi connectivity index (χ4v) is 2.46. The molecule has 0 atom stereocenters. The maximum atomic E-state index is 13.0. The topological polar surface area (TPSA) is 95.8 Å². The second-order valence-electron chi connectivity index (χ2n) is 5.71. The summed E-state index contributed by atoms with van der Waals surface area (Å²) in [5, 5.41) is 6.22. The minimum Gasteiger partial charge on any atom is -0.408 e. The molecule has 4 rings (SSSR count). The van der Waals surface area contributed by atoms with Crippen LogP contribution in [0.5, 0.6) is 0 Å². The van der Waals surface area contributed by atoms with Gasteiger partial charge in [-0.05, 0) is 49.4 Å². The maximum Gasteiger partial charge on any atom is 0.417 e. The van der Waals surface area contributed by atoms with Gasteiger partial charge in [0.2, 0.25) is 5.95 Å². The summed E-state index contributed by atoms with van der Waals surface area (Å²) in [5.41, 5.74) is 3.34. The summed E-state index contributed by atoms with van der Waals surface area (Å²) in [6, 6.07) is 11.2. The molecule has 0 saturated carbocycles. The average Bonchev–Trinajstić information content (AvgIpc) is 2.99. The third-order valence-corrected chi connectivity index (χ3v) is 3.75. The Morgan fingerprint density at radius 2 is 1.85 bits per heavy atom. The molecule has 7 nitrogen and oxygen atoms in total. The van der Waals surface area contributed by atoms with Gasteiger partial charge in [0.1, 0.15) is 11.6 Å². The summed E-state index contributed by atoms with van der Waals surface area (Å²) in [7, 11) is 0. The van der Waals surface area contributed by atoms with E-state index in [0.29, 0.717) is 28.6 Å². The molecule has 4 aromatic rings. The summed E-state index contributed by atoms with van der Waals surface area (Å²) in [6.45, 7) is 1.88. The molecule has 0 unspecified atom stereocenters. The number of nitrogens with one attached hydrogen (secondary N) is 3. The molecule has 2 heterocycles. The number of nitrogens with zero attached hydrogens (tertiary/aromatic N) is 2. The van der Waals surface area contributed by atoms with Gasteiger partial charge in [-0.15, -0.1) is 0 Å². The standard InChI is InChI=1S/C18H14FN5O2/c1-10-9-20-17(22-12-4-2-11(19)3-5-12)24-16(10)21-13-6-7-15-14(8-13)23-18(25)26-15/h2-9H,1H3,(H,23,25)(H2,20,21,22,24). The third-order valence-electron chi connectivity index (χ3n) is 3.75. The van der Waals surface area contributed by atoms with Crippen molar-refractivity contribution < 1.29 is 8.81 Å². The van der Waals surface area contributed by atoms with E-state index in [4.69, 9.17) is 4.42 Å². The number of anilines is 4. The molecule has 26 heavy (non-hydrogen) atoms. The molecule has 3 N–H and O–H groups in total. The number of halogens is 1. The molecule has 0 spiro atoms. The highest BCUT2D eigenvalue weighted by Gasteiger charge is 2.07. The number of aromatic amines is 1. The van der Waals surface area contributed by atoms with Gasteiger partial charge in [0, 0.05) is 23.1 Å². The zero-order valence-electron chi connectivity index (χ0n) is 13.7. The molecule has 0 aliphatic rings. The first kappa shape index (κ1) is 15.8.